The number of hydrogen-bond acceptors (Lipinski definition) is 5. The molecule has 0 saturated heterocycles. The Morgan fingerprint density at radius 2 is 1.82 bits per heavy atom. The summed E-state index contributed by atoms with van der Waals surface area (Å²) in [6.07, 6.45) is 2.82. The van der Waals surface area contributed by atoms with Crippen LogP contribution < -0.4 is 10.2 Å². The van der Waals surface area contributed by atoms with E-state index in [1.54, 1.807) is 4.90 Å². The molecule has 6 nitrogen and oxygen atoms in total. The van der Waals surface area contributed by atoms with Crippen LogP contribution in [0.15, 0.2) is 45.6 Å². The van der Waals surface area contributed by atoms with Crippen molar-refractivity contribution >= 4 is 16.9 Å². The number of ether oxygens (including phenoxy) is 1. The van der Waals surface area contributed by atoms with Gasteiger partial charge in [0.15, 0.2) is 5.43 Å². The number of aryl methyl sites for hydroxylation is 2. The molecule has 6 heteroatoms. The van der Waals surface area contributed by atoms with Gasteiger partial charge in [-0.2, -0.15) is 0 Å². The highest BCUT2D eigenvalue weighted by atomic mass is 16.5. The molecule has 0 radical (unpaired) electrons. The Morgan fingerprint density at radius 3 is 2.56 bits per heavy atom. The van der Waals surface area contributed by atoms with E-state index in [-0.39, 0.29) is 17.1 Å². The van der Waals surface area contributed by atoms with Crippen LogP contribution in [0.4, 0.5) is 0 Å². The average Bonchev–Trinajstić information content (AvgIpc) is 3.07. The highest BCUT2D eigenvalue weighted by Gasteiger charge is 2.42. The standard InChI is InChI=1S/C28H34N2O4/c1-6-7-14-33-21-11-8-10-20(17-21)25-24-26(31)22-15-18(2)19(3)16-23(22)34-27(24)28(32)30(25)13-9-12-29(4)5/h8,10-11,15-17,25H,6-7,9,12-14H2,1-5H3/t25-/m0/s1. The molecule has 2 heterocycles. The lowest BCUT2D eigenvalue weighted by Gasteiger charge is -2.26. The van der Waals surface area contributed by atoms with Crippen molar-refractivity contribution in [2.24, 2.45) is 0 Å². The highest BCUT2D eigenvalue weighted by Crippen LogP contribution is 2.39. The second-order valence-electron chi connectivity index (χ2n) is 9.44. The molecule has 1 amide bonds. The molecule has 0 N–H and O–H groups in total. The molecule has 1 atom stereocenters. The smallest absolute Gasteiger partial charge is 0.290 e. The molecule has 34 heavy (non-hydrogen) atoms. The summed E-state index contributed by atoms with van der Waals surface area (Å²) in [5.74, 6) is 0.679. The summed E-state index contributed by atoms with van der Waals surface area (Å²) in [5.41, 5.74) is 3.67. The zero-order chi connectivity index (χ0) is 24.4. The van der Waals surface area contributed by atoms with Crippen molar-refractivity contribution in [1.29, 1.82) is 0 Å². The number of carbonyl (C=O) groups excluding carboxylic acids is 1. The summed E-state index contributed by atoms with van der Waals surface area (Å²) < 4.78 is 12.0. The van der Waals surface area contributed by atoms with Crippen molar-refractivity contribution in [2.45, 2.75) is 46.1 Å². The first kappa shape index (κ1) is 24.0. The van der Waals surface area contributed by atoms with Gasteiger partial charge in [0.2, 0.25) is 5.76 Å². The quantitative estimate of drug-likeness (QED) is 0.415. The van der Waals surface area contributed by atoms with E-state index in [1.165, 1.54) is 0 Å². The van der Waals surface area contributed by atoms with E-state index in [1.807, 2.05) is 64.3 Å². The molecule has 0 spiro atoms. The first-order chi connectivity index (χ1) is 16.3. The third kappa shape index (κ3) is 4.60. The Labute approximate surface area is 201 Å². The second kappa shape index (κ2) is 10.0. The summed E-state index contributed by atoms with van der Waals surface area (Å²) >= 11 is 0. The molecular formula is C28H34N2O4. The molecule has 2 aromatic carbocycles. The van der Waals surface area contributed by atoms with E-state index in [4.69, 9.17) is 9.15 Å². The third-order valence-corrected chi connectivity index (χ3v) is 6.53. The molecule has 0 aliphatic carbocycles. The van der Waals surface area contributed by atoms with Crippen LogP contribution in [0.25, 0.3) is 11.0 Å². The Bertz CT molecular complexity index is 1260. The minimum atomic E-state index is -0.498. The molecule has 1 aliphatic heterocycles. The predicted octanol–water partition coefficient (Wildman–Crippen LogP) is 5.09. The van der Waals surface area contributed by atoms with Crippen LogP contribution in [-0.4, -0.2) is 49.5 Å². The minimum absolute atomic E-state index is 0.134. The van der Waals surface area contributed by atoms with Gasteiger partial charge in [-0.1, -0.05) is 25.5 Å². The molecule has 0 unspecified atom stereocenters. The monoisotopic (exact) mass is 462 g/mol. The van der Waals surface area contributed by atoms with Gasteiger partial charge in [0.25, 0.3) is 5.91 Å². The van der Waals surface area contributed by atoms with E-state index in [2.05, 4.69) is 11.8 Å². The topological polar surface area (TPSA) is 63.0 Å². The van der Waals surface area contributed by atoms with E-state index >= 15 is 0 Å². The first-order valence-electron chi connectivity index (χ1n) is 12.1. The van der Waals surface area contributed by atoms with Gasteiger partial charge < -0.3 is 19.0 Å². The minimum Gasteiger partial charge on any atom is -0.494 e. The number of hydrogen-bond donors (Lipinski definition) is 0. The number of nitrogens with zero attached hydrogens (tertiary/aromatic N) is 2. The van der Waals surface area contributed by atoms with Crippen LogP contribution >= 0.6 is 0 Å². The number of unbranched alkanes of at least 4 members (excludes halogenated alkanes) is 1. The Hall–Kier alpha value is -3.12. The predicted molar refractivity (Wildman–Crippen MR) is 135 cm³/mol. The van der Waals surface area contributed by atoms with Gasteiger partial charge in [0.05, 0.1) is 23.6 Å². The maximum Gasteiger partial charge on any atom is 0.290 e. The van der Waals surface area contributed by atoms with Crippen LogP contribution in [0.3, 0.4) is 0 Å². The molecule has 3 aromatic rings. The van der Waals surface area contributed by atoms with Crippen molar-refractivity contribution in [3.63, 3.8) is 0 Å². The second-order valence-corrected chi connectivity index (χ2v) is 9.44. The fraction of sp³-hybridized carbons (Fsp3) is 0.429. The maximum absolute atomic E-state index is 13.8. The fourth-order valence-corrected chi connectivity index (χ4v) is 4.52. The summed E-state index contributed by atoms with van der Waals surface area (Å²) in [6.45, 7) is 8.09. The van der Waals surface area contributed by atoms with E-state index in [0.717, 1.165) is 48.2 Å². The van der Waals surface area contributed by atoms with E-state index in [9.17, 15) is 9.59 Å². The zero-order valence-corrected chi connectivity index (χ0v) is 20.8. The van der Waals surface area contributed by atoms with Crippen molar-refractivity contribution in [1.82, 2.24) is 9.80 Å². The number of benzene rings is 2. The van der Waals surface area contributed by atoms with Crippen molar-refractivity contribution < 1.29 is 13.9 Å². The van der Waals surface area contributed by atoms with E-state index in [0.29, 0.717) is 29.7 Å². The molecule has 4 rings (SSSR count). The molecular weight excluding hydrogens is 428 g/mol. The summed E-state index contributed by atoms with van der Waals surface area (Å²) in [6, 6.07) is 11.0. The average molecular weight is 463 g/mol. The van der Waals surface area contributed by atoms with Gasteiger partial charge in [-0.3, -0.25) is 9.59 Å². The summed E-state index contributed by atoms with van der Waals surface area (Å²) in [7, 11) is 4.02. The molecule has 180 valence electrons. The molecule has 0 fully saturated rings. The van der Waals surface area contributed by atoms with Crippen LogP contribution in [0.1, 0.15) is 65.0 Å². The van der Waals surface area contributed by atoms with Crippen molar-refractivity contribution in [3.8, 4) is 5.75 Å². The van der Waals surface area contributed by atoms with Crippen LogP contribution in [0.5, 0.6) is 5.75 Å². The van der Waals surface area contributed by atoms with Crippen molar-refractivity contribution in [3.05, 3.63) is 74.6 Å². The van der Waals surface area contributed by atoms with Crippen LogP contribution in [0, 0.1) is 13.8 Å². The third-order valence-electron chi connectivity index (χ3n) is 6.53. The van der Waals surface area contributed by atoms with Crippen molar-refractivity contribution in [2.75, 3.05) is 33.8 Å². The van der Waals surface area contributed by atoms with Crippen LogP contribution in [0.2, 0.25) is 0 Å². The van der Waals surface area contributed by atoms with Gasteiger partial charge in [-0.25, -0.2) is 0 Å². The highest BCUT2D eigenvalue weighted by molar-refractivity contribution is 5.99. The van der Waals surface area contributed by atoms with Gasteiger partial charge in [-0.15, -0.1) is 0 Å². The Balaban J connectivity index is 1.83. The lowest BCUT2D eigenvalue weighted by atomic mass is 9.97. The van der Waals surface area contributed by atoms with Gasteiger partial charge in [0.1, 0.15) is 11.3 Å². The zero-order valence-electron chi connectivity index (χ0n) is 20.8. The van der Waals surface area contributed by atoms with E-state index < -0.39 is 6.04 Å². The SMILES string of the molecule is CCCCOc1cccc([C@H]2c3c(oc4cc(C)c(C)cc4c3=O)C(=O)N2CCCN(C)C)c1. The lowest BCUT2D eigenvalue weighted by molar-refractivity contribution is 0.0722. The molecule has 0 saturated carbocycles. The largest absolute Gasteiger partial charge is 0.494 e. The molecule has 1 aromatic heterocycles. The Kier molecular flexibility index (Phi) is 7.08. The molecule has 0 bridgehead atoms. The molecule has 1 aliphatic rings. The number of rotatable bonds is 9. The van der Waals surface area contributed by atoms with Gasteiger partial charge in [-0.05, 0) is 88.3 Å². The first-order valence-corrected chi connectivity index (χ1v) is 12.1. The van der Waals surface area contributed by atoms with Gasteiger partial charge in [0, 0.05) is 6.54 Å². The summed E-state index contributed by atoms with van der Waals surface area (Å²) in [4.78, 5) is 31.2. The Morgan fingerprint density at radius 1 is 1.06 bits per heavy atom. The normalized spacial score (nSPS) is 15.4. The number of carbonyl (C=O) groups is 1. The van der Waals surface area contributed by atoms with Gasteiger partial charge >= 0.3 is 0 Å². The summed E-state index contributed by atoms with van der Waals surface area (Å²) in [5, 5.41) is 0.519. The lowest BCUT2D eigenvalue weighted by Crippen LogP contribution is -2.32. The number of fused-ring (bicyclic) bond motifs is 2. The van der Waals surface area contributed by atoms with Crippen LogP contribution in [-0.2, 0) is 0 Å². The fourth-order valence-electron chi connectivity index (χ4n) is 4.52. The maximum atomic E-state index is 13.8. The number of amides is 1.